The van der Waals surface area contributed by atoms with Crippen molar-refractivity contribution in [1.82, 2.24) is 19.8 Å². The molecular weight excluding hydrogens is 507 g/mol. The second-order valence-corrected chi connectivity index (χ2v) is 11.4. The van der Waals surface area contributed by atoms with Crippen LogP contribution < -0.4 is 4.90 Å². The van der Waals surface area contributed by atoms with E-state index in [4.69, 9.17) is 14.2 Å². The van der Waals surface area contributed by atoms with Crippen molar-refractivity contribution >= 4 is 17.9 Å². The molecule has 13 heteroatoms. The second-order valence-electron chi connectivity index (χ2n) is 11.4. The number of carbonyl (C=O) groups is 2. The number of ether oxygens (including phenoxy) is 3. The fourth-order valence-electron chi connectivity index (χ4n) is 5.11. The van der Waals surface area contributed by atoms with Gasteiger partial charge in [0, 0.05) is 44.5 Å². The number of rotatable bonds is 5. The first-order valence-corrected chi connectivity index (χ1v) is 12.9. The number of piperidine rings is 1. The SMILES string of the molecule is CC(C)(C)OC(=O)N1C(COC2CCN(C3CCN(c4ncc(C(F)(F)F)cn4)CC3)C2=O)COC1(C)C. The molecule has 38 heavy (non-hydrogen) atoms. The fraction of sp³-hybridized carbons (Fsp3) is 0.760. The highest BCUT2D eigenvalue weighted by molar-refractivity contribution is 5.83. The zero-order valence-corrected chi connectivity index (χ0v) is 22.5. The predicted molar refractivity (Wildman–Crippen MR) is 130 cm³/mol. The summed E-state index contributed by atoms with van der Waals surface area (Å²) >= 11 is 0. The number of halogens is 3. The van der Waals surface area contributed by atoms with Crippen molar-refractivity contribution in [3.8, 4) is 0 Å². The minimum Gasteiger partial charge on any atom is -0.444 e. The molecule has 3 saturated heterocycles. The largest absolute Gasteiger partial charge is 0.444 e. The van der Waals surface area contributed by atoms with Crippen LogP contribution in [0.3, 0.4) is 0 Å². The van der Waals surface area contributed by atoms with Crippen LogP contribution >= 0.6 is 0 Å². The van der Waals surface area contributed by atoms with Gasteiger partial charge in [-0.25, -0.2) is 14.8 Å². The van der Waals surface area contributed by atoms with Crippen LogP contribution in [0.2, 0.25) is 0 Å². The molecule has 10 nitrogen and oxygen atoms in total. The van der Waals surface area contributed by atoms with E-state index in [1.807, 2.05) is 9.80 Å². The van der Waals surface area contributed by atoms with Gasteiger partial charge in [0.15, 0.2) is 0 Å². The van der Waals surface area contributed by atoms with E-state index in [1.54, 1.807) is 34.6 Å². The molecule has 0 bridgehead atoms. The number of amides is 2. The fourth-order valence-corrected chi connectivity index (χ4v) is 5.11. The summed E-state index contributed by atoms with van der Waals surface area (Å²) in [5, 5.41) is 0. The number of anilines is 1. The van der Waals surface area contributed by atoms with Crippen LogP contribution in [-0.4, -0.2) is 94.1 Å². The summed E-state index contributed by atoms with van der Waals surface area (Å²) in [5.74, 6) is 0.165. The minimum atomic E-state index is -4.48. The zero-order chi connectivity index (χ0) is 27.9. The molecule has 0 aliphatic carbocycles. The Balaban J connectivity index is 1.28. The molecule has 0 spiro atoms. The third kappa shape index (κ3) is 6.31. The van der Waals surface area contributed by atoms with E-state index in [9.17, 15) is 22.8 Å². The van der Waals surface area contributed by atoms with Crippen LogP contribution in [0.1, 0.15) is 59.4 Å². The van der Waals surface area contributed by atoms with Gasteiger partial charge in [-0.3, -0.25) is 9.69 Å². The molecule has 212 valence electrons. The summed E-state index contributed by atoms with van der Waals surface area (Å²) < 4.78 is 55.7. The lowest BCUT2D eigenvalue weighted by Gasteiger charge is -2.37. The maximum atomic E-state index is 13.1. The second kappa shape index (κ2) is 10.5. The van der Waals surface area contributed by atoms with Crippen molar-refractivity contribution < 1.29 is 37.0 Å². The molecule has 4 rings (SSSR count). The standard InChI is InChI=1S/C25H36F3N5O5/c1-23(2,3)38-22(35)33-18(15-37-24(33,4)5)14-36-19-8-11-32(20(19)34)17-6-9-31(10-7-17)21-29-12-16(13-30-21)25(26,27)28/h12-13,17-19H,6-11,14-15H2,1-5H3. The summed E-state index contributed by atoms with van der Waals surface area (Å²) in [4.78, 5) is 38.9. The summed E-state index contributed by atoms with van der Waals surface area (Å²) in [6.45, 7) is 11.0. The molecule has 0 N–H and O–H groups in total. The Hall–Kier alpha value is -2.67. The van der Waals surface area contributed by atoms with E-state index >= 15 is 0 Å². The Kier molecular flexibility index (Phi) is 7.81. The third-order valence-corrected chi connectivity index (χ3v) is 7.00. The van der Waals surface area contributed by atoms with Gasteiger partial charge in [-0.15, -0.1) is 0 Å². The highest BCUT2D eigenvalue weighted by atomic mass is 19.4. The van der Waals surface area contributed by atoms with E-state index in [0.717, 1.165) is 12.4 Å². The molecule has 1 aromatic rings. The highest BCUT2D eigenvalue weighted by Gasteiger charge is 2.47. The van der Waals surface area contributed by atoms with Gasteiger partial charge in [0.2, 0.25) is 5.95 Å². The number of likely N-dealkylation sites (tertiary alicyclic amines) is 1. The summed E-state index contributed by atoms with van der Waals surface area (Å²) in [7, 11) is 0. The topological polar surface area (TPSA) is 97.3 Å². The van der Waals surface area contributed by atoms with Gasteiger partial charge in [-0.2, -0.15) is 13.2 Å². The molecule has 2 unspecified atom stereocenters. The quantitative estimate of drug-likeness (QED) is 0.557. The van der Waals surface area contributed by atoms with Crippen molar-refractivity contribution in [1.29, 1.82) is 0 Å². The number of hydrogen-bond donors (Lipinski definition) is 0. The maximum Gasteiger partial charge on any atom is 0.419 e. The number of hydrogen-bond acceptors (Lipinski definition) is 8. The minimum absolute atomic E-state index is 0.00816. The molecule has 3 fully saturated rings. The molecule has 3 aliphatic rings. The van der Waals surface area contributed by atoms with Crippen molar-refractivity contribution in [3.05, 3.63) is 18.0 Å². The van der Waals surface area contributed by atoms with E-state index in [1.165, 1.54) is 4.90 Å². The molecule has 1 aromatic heterocycles. The summed E-state index contributed by atoms with van der Waals surface area (Å²) in [5.41, 5.74) is -2.39. The van der Waals surface area contributed by atoms with Gasteiger partial charge in [0.05, 0.1) is 24.8 Å². The predicted octanol–water partition coefficient (Wildman–Crippen LogP) is 3.45. The molecule has 0 aromatic carbocycles. The summed E-state index contributed by atoms with van der Waals surface area (Å²) in [6.07, 6.45) is -2.13. The van der Waals surface area contributed by atoms with E-state index in [-0.39, 0.29) is 37.2 Å². The van der Waals surface area contributed by atoms with Crippen molar-refractivity contribution in [2.75, 3.05) is 37.7 Å². The average Bonchev–Trinajstić information content (AvgIpc) is 3.34. The monoisotopic (exact) mass is 543 g/mol. The highest BCUT2D eigenvalue weighted by Crippen LogP contribution is 2.32. The number of alkyl halides is 3. The first-order chi connectivity index (χ1) is 17.7. The van der Waals surface area contributed by atoms with Crippen LogP contribution in [0.25, 0.3) is 0 Å². The molecule has 4 heterocycles. The van der Waals surface area contributed by atoms with Gasteiger partial charge < -0.3 is 24.0 Å². The van der Waals surface area contributed by atoms with Crippen LogP contribution in [0, 0.1) is 0 Å². The zero-order valence-electron chi connectivity index (χ0n) is 22.5. The van der Waals surface area contributed by atoms with Crippen LogP contribution in [0.4, 0.5) is 23.9 Å². The van der Waals surface area contributed by atoms with Crippen molar-refractivity contribution in [2.24, 2.45) is 0 Å². The molecule has 0 saturated carbocycles. The first-order valence-electron chi connectivity index (χ1n) is 12.9. The van der Waals surface area contributed by atoms with Crippen LogP contribution in [0.15, 0.2) is 12.4 Å². The Labute approximate surface area is 220 Å². The van der Waals surface area contributed by atoms with Gasteiger partial charge in [-0.05, 0) is 47.5 Å². The Morgan fingerprint density at radius 1 is 1.11 bits per heavy atom. The van der Waals surface area contributed by atoms with Crippen molar-refractivity contribution in [3.63, 3.8) is 0 Å². The van der Waals surface area contributed by atoms with E-state index < -0.39 is 35.3 Å². The van der Waals surface area contributed by atoms with Crippen LogP contribution in [0.5, 0.6) is 0 Å². The molecule has 2 atom stereocenters. The first kappa shape index (κ1) is 28.3. The van der Waals surface area contributed by atoms with Crippen LogP contribution in [-0.2, 0) is 25.2 Å². The lowest BCUT2D eigenvalue weighted by Crippen LogP contribution is -2.51. The summed E-state index contributed by atoms with van der Waals surface area (Å²) in [6, 6.07) is -0.373. The number of nitrogens with zero attached hydrogens (tertiary/aromatic N) is 5. The Morgan fingerprint density at radius 3 is 2.32 bits per heavy atom. The average molecular weight is 544 g/mol. The van der Waals surface area contributed by atoms with Gasteiger partial charge in [0.1, 0.15) is 17.4 Å². The van der Waals surface area contributed by atoms with Crippen molar-refractivity contribution in [2.45, 2.75) is 89.6 Å². The number of aromatic nitrogens is 2. The van der Waals surface area contributed by atoms with Gasteiger partial charge in [0.25, 0.3) is 5.91 Å². The molecular formula is C25H36F3N5O5. The Bertz CT molecular complexity index is 1010. The smallest absolute Gasteiger partial charge is 0.419 e. The Morgan fingerprint density at radius 2 is 1.74 bits per heavy atom. The molecule has 0 radical (unpaired) electrons. The lowest BCUT2D eigenvalue weighted by atomic mass is 10.0. The maximum absolute atomic E-state index is 13.1. The third-order valence-electron chi connectivity index (χ3n) is 7.00. The molecule has 3 aliphatic heterocycles. The van der Waals surface area contributed by atoms with E-state index in [0.29, 0.717) is 38.9 Å². The normalized spacial score (nSPS) is 24.8. The van der Waals surface area contributed by atoms with Gasteiger partial charge >= 0.3 is 12.3 Å². The number of carbonyl (C=O) groups excluding carboxylic acids is 2. The van der Waals surface area contributed by atoms with Gasteiger partial charge in [-0.1, -0.05) is 0 Å². The lowest BCUT2D eigenvalue weighted by molar-refractivity contribution is -0.140. The molecule has 2 amide bonds. The van der Waals surface area contributed by atoms with E-state index in [2.05, 4.69) is 9.97 Å².